The number of aromatic nitrogens is 2. The van der Waals surface area contributed by atoms with Crippen molar-refractivity contribution in [2.75, 3.05) is 18.4 Å². The van der Waals surface area contributed by atoms with Crippen molar-refractivity contribution in [3.8, 4) is 0 Å². The number of sulfonamides is 1. The first kappa shape index (κ1) is 21.5. The van der Waals surface area contributed by atoms with Gasteiger partial charge in [-0.3, -0.25) is 9.48 Å². The van der Waals surface area contributed by atoms with Crippen molar-refractivity contribution >= 4 is 33.2 Å². The van der Waals surface area contributed by atoms with E-state index in [4.69, 9.17) is 11.6 Å². The smallest absolute Gasteiger partial charge is 0.243 e. The number of carbonyl (C=O) groups excluding carboxylic acids is 1. The molecule has 0 saturated carbocycles. The molecule has 2 aromatic carbocycles. The number of amides is 1. The zero-order valence-corrected chi connectivity index (χ0v) is 18.4. The van der Waals surface area contributed by atoms with Gasteiger partial charge in [-0.1, -0.05) is 41.9 Å². The molecule has 7 nitrogen and oxygen atoms in total. The maximum Gasteiger partial charge on any atom is 0.243 e. The van der Waals surface area contributed by atoms with Crippen molar-refractivity contribution in [1.29, 1.82) is 0 Å². The number of halogens is 1. The third kappa shape index (κ3) is 5.15. The van der Waals surface area contributed by atoms with Crippen LogP contribution in [0.4, 0.5) is 5.69 Å². The Morgan fingerprint density at radius 2 is 1.74 bits per heavy atom. The number of nitrogens with one attached hydrogen (secondary N) is 1. The van der Waals surface area contributed by atoms with E-state index in [1.807, 2.05) is 24.3 Å². The fourth-order valence-electron chi connectivity index (χ4n) is 3.64. The van der Waals surface area contributed by atoms with Gasteiger partial charge in [0.1, 0.15) is 0 Å². The van der Waals surface area contributed by atoms with E-state index in [1.54, 1.807) is 47.4 Å². The summed E-state index contributed by atoms with van der Waals surface area (Å²) in [4.78, 5) is 13.0. The number of benzene rings is 2. The molecule has 3 aromatic rings. The van der Waals surface area contributed by atoms with Crippen molar-refractivity contribution < 1.29 is 13.2 Å². The van der Waals surface area contributed by atoms with E-state index in [-0.39, 0.29) is 16.7 Å². The van der Waals surface area contributed by atoms with Crippen LogP contribution in [-0.4, -0.2) is 41.5 Å². The fourth-order valence-corrected chi connectivity index (χ4v) is 5.25. The van der Waals surface area contributed by atoms with Crippen molar-refractivity contribution in [1.82, 2.24) is 14.1 Å². The molecule has 162 valence electrons. The molecule has 1 N–H and O–H groups in total. The van der Waals surface area contributed by atoms with E-state index in [9.17, 15) is 13.2 Å². The summed E-state index contributed by atoms with van der Waals surface area (Å²) in [5.74, 6) is -0.343. The summed E-state index contributed by atoms with van der Waals surface area (Å²) in [5, 5.41) is 7.87. The first-order chi connectivity index (χ1) is 14.9. The van der Waals surface area contributed by atoms with Crippen LogP contribution in [0.15, 0.2) is 71.9 Å². The highest BCUT2D eigenvalue weighted by Gasteiger charge is 2.32. The number of hydrogen-bond acceptors (Lipinski definition) is 4. The van der Waals surface area contributed by atoms with Crippen LogP contribution in [0.3, 0.4) is 0 Å². The summed E-state index contributed by atoms with van der Waals surface area (Å²) >= 11 is 5.91. The van der Waals surface area contributed by atoms with Gasteiger partial charge in [0.2, 0.25) is 15.9 Å². The SMILES string of the molecule is O=C(Nc1cnn(Cc2ccc(Cl)cc2)c1)C1CCN(S(=O)(=O)c2ccccc2)CC1. The van der Waals surface area contributed by atoms with Crippen LogP contribution < -0.4 is 5.32 Å². The summed E-state index contributed by atoms with van der Waals surface area (Å²) in [6, 6.07) is 15.9. The van der Waals surface area contributed by atoms with E-state index in [0.717, 1.165) is 5.56 Å². The molecule has 1 amide bonds. The molecule has 1 fully saturated rings. The molecule has 0 radical (unpaired) electrons. The maximum absolute atomic E-state index is 12.7. The third-order valence-corrected chi connectivity index (χ3v) is 7.53. The van der Waals surface area contributed by atoms with Gasteiger partial charge in [0.15, 0.2) is 0 Å². The van der Waals surface area contributed by atoms with Gasteiger partial charge in [-0.05, 0) is 42.7 Å². The normalized spacial score (nSPS) is 15.6. The predicted molar refractivity (Wildman–Crippen MR) is 119 cm³/mol. The average molecular weight is 459 g/mol. The molecule has 0 bridgehead atoms. The molecule has 0 unspecified atom stereocenters. The van der Waals surface area contributed by atoms with Gasteiger partial charge in [-0.25, -0.2) is 8.42 Å². The zero-order chi connectivity index (χ0) is 21.8. The molecule has 2 heterocycles. The predicted octanol–water partition coefficient (Wildman–Crippen LogP) is 3.62. The minimum Gasteiger partial charge on any atom is -0.323 e. The van der Waals surface area contributed by atoms with Gasteiger partial charge in [0.05, 0.1) is 23.3 Å². The second kappa shape index (κ2) is 9.21. The lowest BCUT2D eigenvalue weighted by molar-refractivity contribution is -0.120. The second-order valence-electron chi connectivity index (χ2n) is 7.53. The number of carbonyl (C=O) groups is 1. The molecule has 9 heteroatoms. The summed E-state index contributed by atoms with van der Waals surface area (Å²) in [6.07, 6.45) is 4.36. The van der Waals surface area contributed by atoms with Crippen LogP contribution in [0.2, 0.25) is 5.02 Å². The molecule has 31 heavy (non-hydrogen) atoms. The molecule has 1 aliphatic rings. The van der Waals surface area contributed by atoms with Crippen molar-refractivity contribution in [2.24, 2.45) is 5.92 Å². The van der Waals surface area contributed by atoms with E-state index in [2.05, 4.69) is 10.4 Å². The molecule has 0 aliphatic carbocycles. The van der Waals surface area contributed by atoms with Crippen LogP contribution in [0.25, 0.3) is 0 Å². The largest absolute Gasteiger partial charge is 0.323 e. The number of nitrogens with zero attached hydrogens (tertiary/aromatic N) is 3. The number of hydrogen-bond donors (Lipinski definition) is 1. The van der Waals surface area contributed by atoms with E-state index < -0.39 is 10.0 Å². The zero-order valence-electron chi connectivity index (χ0n) is 16.8. The monoisotopic (exact) mass is 458 g/mol. The lowest BCUT2D eigenvalue weighted by atomic mass is 9.97. The van der Waals surface area contributed by atoms with Gasteiger partial charge >= 0.3 is 0 Å². The molecular formula is C22H23ClN4O3S. The highest BCUT2D eigenvalue weighted by Crippen LogP contribution is 2.25. The summed E-state index contributed by atoms with van der Waals surface area (Å²) in [6.45, 7) is 1.22. The van der Waals surface area contributed by atoms with Gasteiger partial charge in [0, 0.05) is 30.2 Å². The molecule has 4 rings (SSSR count). The topological polar surface area (TPSA) is 84.3 Å². The Morgan fingerprint density at radius 1 is 1.06 bits per heavy atom. The summed E-state index contributed by atoms with van der Waals surface area (Å²) in [5.41, 5.74) is 1.68. The Kier molecular flexibility index (Phi) is 6.41. The number of piperidine rings is 1. The fraction of sp³-hybridized carbons (Fsp3) is 0.273. The Morgan fingerprint density at radius 3 is 2.42 bits per heavy atom. The van der Waals surface area contributed by atoms with Crippen LogP contribution in [0, 0.1) is 5.92 Å². The molecule has 1 aliphatic heterocycles. The third-order valence-electron chi connectivity index (χ3n) is 5.36. The highest BCUT2D eigenvalue weighted by atomic mass is 35.5. The summed E-state index contributed by atoms with van der Waals surface area (Å²) in [7, 11) is -3.52. The average Bonchev–Trinajstić information content (AvgIpc) is 3.22. The molecule has 0 atom stereocenters. The maximum atomic E-state index is 12.7. The lowest BCUT2D eigenvalue weighted by Gasteiger charge is -2.30. The quantitative estimate of drug-likeness (QED) is 0.611. The van der Waals surface area contributed by atoms with Crippen molar-refractivity contribution in [2.45, 2.75) is 24.3 Å². The second-order valence-corrected chi connectivity index (χ2v) is 9.91. The van der Waals surface area contributed by atoms with Crippen LogP contribution in [0.1, 0.15) is 18.4 Å². The first-order valence-corrected chi connectivity index (χ1v) is 11.9. The van der Waals surface area contributed by atoms with Crippen molar-refractivity contribution in [3.63, 3.8) is 0 Å². The number of rotatable bonds is 6. The molecule has 0 spiro atoms. The van der Waals surface area contributed by atoms with Gasteiger partial charge in [-0.2, -0.15) is 9.40 Å². The lowest BCUT2D eigenvalue weighted by Crippen LogP contribution is -2.41. The highest BCUT2D eigenvalue weighted by molar-refractivity contribution is 7.89. The van der Waals surface area contributed by atoms with E-state index >= 15 is 0 Å². The standard InChI is InChI=1S/C22H23ClN4O3S/c23-19-8-6-17(7-9-19)15-26-16-20(14-24-26)25-22(28)18-10-12-27(13-11-18)31(29,30)21-4-2-1-3-5-21/h1-9,14,16,18H,10-13,15H2,(H,25,28). The molecule has 1 saturated heterocycles. The summed E-state index contributed by atoms with van der Waals surface area (Å²) < 4.78 is 28.7. The minimum absolute atomic E-state index is 0.109. The van der Waals surface area contributed by atoms with E-state index in [1.165, 1.54) is 4.31 Å². The van der Waals surface area contributed by atoms with Crippen molar-refractivity contribution in [3.05, 3.63) is 77.6 Å². The minimum atomic E-state index is -3.52. The van der Waals surface area contributed by atoms with Gasteiger partial charge in [0.25, 0.3) is 0 Å². The van der Waals surface area contributed by atoms with Gasteiger partial charge < -0.3 is 5.32 Å². The van der Waals surface area contributed by atoms with E-state index in [0.29, 0.717) is 43.2 Å². The molecular weight excluding hydrogens is 436 g/mol. The van der Waals surface area contributed by atoms with Crippen LogP contribution in [0.5, 0.6) is 0 Å². The van der Waals surface area contributed by atoms with Gasteiger partial charge in [-0.15, -0.1) is 0 Å². The Balaban J connectivity index is 1.31. The Labute approximate surface area is 186 Å². The van der Waals surface area contributed by atoms with Crippen LogP contribution in [-0.2, 0) is 21.4 Å². The molecule has 1 aromatic heterocycles. The first-order valence-electron chi connectivity index (χ1n) is 10.0. The number of anilines is 1. The van der Waals surface area contributed by atoms with Crippen LogP contribution >= 0.6 is 11.6 Å². The Hall–Kier alpha value is -2.68. The Bertz CT molecular complexity index is 1140.